The van der Waals surface area contributed by atoms with Gasteiger partial charge in [0.1, 0.15) is 5.60 Å². The van der Waals surface area contributed by atoms with Crippen LogP contribution in [0.2, 0.25) is 0 Å². The van der Waals surface area contributed by atoms with Crippen molar-refractivity contribution in [1.29, 1.82) is 0 Å². The molecular formula is C21H31N3O4. The smallest absolute Gasteiger partial charge is 0.408 e. The fourth-order valence-electron chi connectivity index (χ4n) is 3.09. The molecule has 1 aliphatic rings. The maximum absolute atomic E-state index is 12.6. The van der Waals surface area contributed by atoms with Gasteiger partial charge in [-0.05, 0) is 58.6 Å². The molecule has 0 aliphatic carbocycles. The summed E-state index contributed by atoms with van der Waals surface area (Å²) >= 11 is 0. The number of nitrogens with one attached hydrogen (secondary N) is 2. The number of benzene rings is 1. The maximum Gasteiger partial charge on any atom is 0.408 e. The van der Waals surface area contributed by atoms with E-state index in [2.05, 4.69) is 10.6 Å². The number of piperidine rings is 1. The summed E-state index contributed by atoms with van der Waals surface area (Å²) in [4.78, 5) is 37.9. The highest BCUT2D eigenvalue weighted by atomic mass is 16.6. The normalized spacial score (nSPS) is 15.1. The molecule has 1 aromatic rings. The molecule has 0 radical (unpaired) electrons. The van der Waals surface area contributed by atoms with Gasteiger partial charge in [-0.15, -0.1) is 0 Å². The molecule has 154 valence electrons. The van der Waals surface area contributed by atoms with E-state index < -0.39 is 11.7 Å². The molecule has 0 unspecified atom stereocenters. The Kier molecular flexibility index (Phi) is 7.43. The molecule has 1 fully saturated rings. The topological polar surface area (TPSA) is 87.7 Å². The second-order valence-electron chi connectivity index (χ2n) is 8.26. The van der Waals surface area contributed by atoms with Crippen LogP contribution in [0.1, 0.15) is 49.5 Å². The summed E-state index contributed by atoms with van der Waals surface area (Å²) in [6, 6.07) is 7.63. The van der Waals surface area contributed by atoms with Crippen molar-refractivity contribution in [3.05, 3.63) is 35.4 Å². The highest BCUT2D eigenvalue weighted by molar-refractivity contribution is 5.94. The largest absolute Gasteiger partial charge is 0.444 e. The zero-order chi connectivity index (χ0) is 20.7. The van der Waals surface area contributed by atoms with Gasteiger partial charge in [-0.1, -0.05) is 17.7 Å². The maximum atomic E-state index is 12.6. The number of hydrogen-bond donors (Lipinski definition) is 2. The fourth-order valence-corrected chi connectivity index (χ4v) is 3.09. The number of hydrogen-bond acceptors (Lipinski definition) is 4. The van der Waals surface area contributed by atoms with E-state index in [4.69, 9.17) is 4.74 Å². The molecule has 28 heavy (non-hydrogen) atoms. The third-order valence-corrected chi connectivity index (χ3v) is 4.55. The van der Waals surface area contributed by atoms with Crippen molar-refractivity contribution in [2.45, 2.75) is 46.1 Å². The molecule has 1 heterocycles. The van der Waals surface area contributed by atoms with Crippen molar-refractivity contribution in [2.24, 2.45) is 5.92 Å². The van der Waals surface area contributed by atoms with Crippen LogP contribution in [0, 0.1) is 12.8 Å². The number of alkyl carbamates (subject to hydrolysis) is 1. The van der Waals surface area contributed by atoms with Crippen molar-refractivity contribution in [1.82, 2.24) is 15.5 Å². The van der Waals surface area contributed by atoms with Crippen molar-refractivity contribution >= 4 is 17.9 Å². The van der Waals surface area contributed by atoms with E-state index in [0.29, 0.717) is 25.6 Å². The first-order chi connectivity index (χ1) is 13.1. The molecule has 1 saturated heterocycles. The van der Waals surface area contributed by atoms with Crippen molar-refractivity contribution in [3.8, 4) is 0 Å². The van der Waals surface area contributed by atoms with Gasteiger partial charge in [-0.3, -0.25) is 9.59 Å². The minimum atomic E-state index is -0.606. The Morgan fingerprint density at radius 2 is 1.82 bits per heavy atom. The molecule has 0 spiro atoms. The number of amides is 3. The molecule has 2 N–H and O–H groups in total. The average molecular weight is 389 g/mol. The second-order valence-corrected chi connectivity index (χ2v) is 8.26. The van der Waals surface area contributed by atoms with Gasteiger partial charge in [0.15, 0.2) is 0 Å². The van der Waals surface area contributed by atoms with Crippen LogP contribution in [0.4, 0.5) is 4.79 Å². The van der Waals surface area contributed by atoms with E-state index >= 15 is 0 Å². The highest BCUT2D eigenvalue weighted by Gasteiger charge is 2.24. The number of aryl methyl sites for hydroxylation is 1. The molecule has 1 aromatic carbocycles. The summed E-state index contributed by atoms with van der Waals surface area (Å²) in [5, 5.41) is 5.29. The Balaban J connectivity index is 1.68. The molecule has 7 nitrogen and oxygen atoms in total. The third kappa shape index (κ3) is 7.21. The van der Waals surface area contributed by atoms with Crippen LogP contribution in [0.5, 0.6) is 0 Å². The van der Waals surface area contributed by atoms with Crippen molar-refractivity contribution in [3.63, 3.8) is 0 Å². The van der Waals surface area contributed by atoms with Crippen LogP contribution in [0.15, 0.2) is 24.3 Å². The van der Waals surface area contributed by atoms with Crippen LogP contribution >= 0.6 is 0 Å². The van der Waals surface area contributed by atoms with Gasteiger partial charge in [0.25, 0.3) is 5.91 Å². The van der Waals surface area contributed by atoms with Crippen LogP contribution < -0.4 is 10.6 Å². The lowest BCUT2D eigenvalue weighted by molar-refractivity contribution is -0.120. The Bertz CT molecular complexity index is 704. The van der Waals surface area contributed by atoms with E-state index in [1.165, 1.54) is 0 Å². The molecule has 1 aliphatic heterocycles. The van der Waals surface area contributed by atoms with E-state index in [9.17, 15) is 14.4 Å². The lowest BCUT2D eigenvalue weighted by Gasteiger charge is -2.32. The SMILES string of the molecule is Cc1cccc(C(=O)N2CCC(CNC(=O)CNC(=O)OC(C)(C)C)CC2)c1. The molecular weight excluding hydrogens is 358 g/mol. The number of carbonyl (C=O) groups excluding carboxylic acids is 3. The lowest BCUT2D eigenvalue weighted by atomic mass is 9.96. The molecule has 0 atom stereocenters. The predicted molar refractivity (Wildman–Crippen MR) is 107 cm³/mol. The Morgan fingerprint density at radius 1 is 1.14 bits per heavy atom. The van der Waals surface area contributed by atoms with Crippen molar-refractivity contribution < 1.29 is 19.1 Å². The Hall–Kier alpha value is -2.57. The molecule has 0 saturated carbocycles. The molecule has 0 bridgehead atoms. The average Bonchev–Trinajstić information content (AvgIpc) is 2.63. The first-order valence-corrected chi connectivity index (χ1v) is 9.73. The van der Waals surface area contributed by atoms with Gasteiger partial charge in [-0.25, -0.2) is 4.79 Å². The highest BCUT2D eigenvalue weighted by Crippen LogP contribution is 2.19. The first-order valence-electron chi connectivity index (χ1n) is 9.73. The van der Waals surface area contributed by atoms with Crippen LogP contribution in [-0.4, -0.2) is 54.6 Å². The molecule has 2 rings (SSSR count). The summed E-state index contributed by atoms with van der Waals surface area (Å²) in [6.07, 6.45) is 1.08. The molecule has 3 amide bonds. The van der Waals surface area contributed by atoms with Gasteiger partial charge in [0.05, 0.1) is 6.54 Å². The lowest BCUT2D eigenvalue weighted by Crippen LogP contribution is -2.44. The zero-order valence-electron chi connectivity index (χ0n) is 17.2. The minimum Gasteiger partial charge on any atom is -0.444 e. The summed E-state index contributed by atoms with van der Waals surface area (Å²) in [6.45, 7) is 9.07. The zero-order valence-corrected chi connectivity index (χ0v) is 17.2. The summed E-state index contributed by atoms with van der Waals surface area (Å²) in [5.41, 5.74) is 1.20. The Labute approximate surface area is 166 Å². The molecule has 7 heteroatoms. The number of ether oxygens (including phenoxy) is 1. The van der Waals surface area contributed by atoms with E-state index in [0.717, 1.165) is 24.0 Å². The van der Waals surface area contributed by atoms with E-state index in [1.54, 1.807) is 20.8 Å². The quantitative estimate of drug-likeness (QED) is 0.810. The number of likely N-dealkylation sites (tertiary alicyclic amines) is 1. The van der Waals surface area contributed by atoms with Crippen LogP contribution in [-0.2, 0) is 9.53 Å². The number of carbonyl (C=O) groups is 3. The van der Waals surface area contributed by atoms with Gasteiger partial charge >= 0.3 is 6.09 Å². The van der Waals surface area contributed by atoms with Gasteiger partial charge in [0.2, 0.25) is 5.91 Å². The molecule has 0 aromatic heterocycles. The third-order valence-electron chi connectivity index (χ3n) is 4.55. The Morgan fingerprint density at radius 3 is 2.43 bits per heavy atom. The minimum absolute atomic E-state index is 0.0627. The summed E-state index contributed by atoms with van der Waals surface area (Å²) in [5.74, 6) is 0.143. The number of nitrogens with zero attached hydrogens (tertiary/aromatic N) is 1. The standard InChI is InChI=1S/C21H31N3O4/c1-15-6-5-7-17(12-15)19(26)24-10-8-16(9-11-24)13-22-18(25)14-23-20(27)28-21(2,3)4/h5-7,12,16H,8-11,13-14H2,1-4H3,(H,22,25)(H,23,27). The van der Waals surface area contributed by atoms with Crippen LogP contribution in [0.25, 0.3) is 0 Å². The van der Waals surface area contributed by atoms with Crippen LogP contribution in [0.3, 0.4) is 0 Å². The monoisotopic (exact) mass is 389 g/mol. The second kappa shape index (κ2) is 9.57. The van der Waals surface area contributed by atoms with Gasteiger partial charge in [0, 0.05) is 25.2 Å². The summed E-state index contributed by atoms with van der Waals surface area (Å²) in [7, 11) is 0. The fraction of sp³-hybridized carbons (Fsp3) is 0.571. The van der Waals surface area contributed by atoms with E-state index in [-0.39, 0.29) is 18.4 Å². The first kappa shape index (κ1) is 21.7. The summed E-state index contributed by atoms with van der Waals surface area (Å²) < 4.78 is 5.09. The van der Waals surface area contributed by atoms with Crippen molar-refractivity contribution in [2.75, 3.05) is 26.2 Å². The van der Waals surface area contributed by atoms with E-state index in [1.807, 2.05) is 36.1 Å². The number of rotatable bonds is 5. The van der Waals surface area contributed by atoms with Gasteiger partial charge < -0.3 is 20.3 Å². The van der Waals surface area contributed by atoms with Gasteiger partial charge in [-0.2, -0.15) is 0 Å². The predicted octanol–water partition coefficient (Wildman–Crippen LogP) is 2.49.